The second kappa shape index (κ2) is 4.07. The summed E-state index contributed by atoms with van der Waals surface area (Å²) >= 11 is 0. The van der Waals surface area contributed by atoms with Gasteiger partial charge < -0.3 is 0 Å². The lowest BCUT2D eigenvalue weighted by Crippen LogP contribution is -2.17. The Morgan fingerprint density at radius 3 is 2.36 bits per heavy atom. The molecule has 0 fully saturated rings. The van der Waals surface area contributed by atoms with Crippen LogP contribution < -0.4 is 0 Å². The fourth-order valence-electron chi connectivity index (χ4n) is 0.917. The van der Waals surface area contributed by atoms with Crippen molar-refractivity contribution in [3.05, 3.63) is 35.6 Å². The lowest BCUT2D eigenvalue weighted by Gasteiger charge is -2.12. The molecule has 0 spiro atoms. The normalized spacial score (nSPS) is 10.8. The average molecular weight is 201 g/mol. The van der Waals surface area contributed by atoms with Gasteiger partial charge in [-0.05, 0) is 12.1 Å². The highest BCUT2D eigenvalue weighted by molar-refractivity contribution is 5.33. The van der Waals surface area contributed by atoms with E-state index in [0.717, 1.165) is 30.3 Å². The van der Waals surface area contributed by atoms with E-state index in [2.05, 4.69) is 4.99 Å². The van der Waals surface area contributed by atoms with Gasteiger partial charge in [-0.1, -0.05) is 12.1 Å². The molecule has 14 heavy (non-hydrogen) atoms. The number of isocyanates is 1. The topological polar surface area (TPSA) is 29.4 Å². The van der Waals surface area contributed by atoms with Crippen LogP contribution in [-0.4, -0.2) is 12.6 Å². The fourth-order valence-corrected chi connectivity index (χ4v) is 0.917. The molecule has 0 radical (unpaired) electrons. The zero-order chi connectivity index (χ0) is 10.6. The van der Waals surface area contributed by atoms with E-state index < -0.39 is 18.3 Å². The molecule has 0 aliphatic heterocycles. The summed E-state index contributed by atoms with van der Waals surface area (Å²) in [5.74, 6) is -3.85. The van der Waals surface area contributed by atoms with Crippen molar-refractivity contribution in [1.29, 1.82) is 0 Å². The molecule has 5 heteroatoms. The van der Waals surface area contributed by atoms with Gasteiger partial charge in [-0.25, -0.2) is 9.18 Å². The molecule has 1 rings (SSSR count). The number of benzene rings is 1. The summed E-state index contributed by atoms with van der Waals surface area (Å²) in [4.78, 5) is 12.4. The first-order chi connectivity index (χ1) is 6.56. The van der Waals surface area contributed by atoms with Crippen LogP contribution in [0.25, 0.3) is 0 Å². The van der Waals surface area contributed by atoms with Crippen molar-refractivity contribution < 1.29 is 18.0 Å². The molecule has 2 nitrogen and oxygen atoms in total. The van der Waals surface area contributed by atoms with Crippen LogP contribution in [0.2, 0.25) is 0 Å². The highest BCUT2D eigenvalue weighted by atomic mass is 19.3. The molecule has 74 valence electrons. The quantitative estimate of drug-likeness (QED) is 0.544. The van der Waals surface area contributed by atoms with Gasteiger partial charge in [-0.2, -0.15) is 13.8 Å². The molecule has 1 aromatic rings. The molecule has 0 saturated heterocycles. The van der Waals surface area contributed by atoms with E-state index in [1.165, 1.54) is 0 Å². The van der Waals surface area contributed by atoms with E-state index in [1.54, 1.807) is 0 Å². The minimum absolute atomic E-state index is 0.377. The number of hydrogen-bond acceptors (Lipinski definition) is 2. The number of hydrogen-bond donors (Lipinski definition) is 0. The first-order valence-corrected chi connectivity index (χ1v) is 3.74. The Balaban J connectivity index is 2.91. The number of carbonyl (C=O) groups excluding carboxylic acids is 1. The van der Waals surface area contributed by atoms with Crippen LogP contribution in [0, 0.1) is 5.82 Å². The SMILES string of the molecule is O=C=NCC(F)(F)c1ccc(F)cc1. The summed E-state index contributed by atoms with van der Waals surface area (Å²) in [6, 6.07) is 3.76. The summed E-state index contributed by atoms with van der Waals surface area (Å²) in [6.45, 7) is -0.970. The van der Waals surface area contributed by atoms with Crippen LogP contribution >= 0.6 is 0 Å². The number of aliphatic imine (C=N–C) groups is 1. The van der Waals surface area contributed by atoms with E-state index in [0.29, 0.717) is 0 Å². The Morgan fingerprint density at radius 1 is 1.29 bits per heavy atom. The van der Waals surface area contributed by atoms with Crippen molar-refractivity contribution in [3.8, 4) is 0 Å². The number of nitrogens with zero attached hydrogens (tertiary/aromatic N) is 1. The van der Waals surface area contributed by atoms with Crippen LogP contribution in [-0.2, 0) is 10.7 Å². The second-order valence-electron chi connectivity index (χ2n) is 2.62. The second-order valence-corrected chi connectivity index (χ2v) is 2.62. The Bertz CT molecular complexity index is 355. The van der Waals surface area contributed by atoms with Gasteiger partial charge in [0.1, 0.15) is 12.4 Å². The first kappa shape index (κ1) is 10.5. The van der Waals surface area contributed by atoms with Crippen molar-refractivity contribution in [3.63, 3.8) is 0 Å². The highest BCUT2D eigenvalue weighted by Crippen LogP contribution is 2.27. The molecule has 0 atom stereocenters. The van der Waals surface area contributed by atoms with Gasteiger partial charge >= 0.3 is 0 Å². The molecule has 0 amide bonds. The third-order valence-electron chi connectivity index (χ3n) is 1.61. The highest BCUT2D eigenvalue weighted by Gasteiger charge is 2.31. The largest absolute Gasteiger partial charge is 0.293 e. The molecule has 0 aliphatic rings. The van der Waals surface area contributed by atoms with Crippen molar-refractivity contribution in [2.45, 2.75) is 5.92 Å². The van der Waals surface area contributed by atoms with Gasteiger partial charge in [-0.3, -0.25) is 0 Å². The van der Waals surface area contributed by atoms with Gasteiger partial charge in [0, 0.05) is 5.56 Å². The number of rotatable bonds is 3. The number of halogens is 3. The molecule has 0 bridgehead atoms. The molecule has 0 aliphatic carbocycles. The lowest BCUT2D eigenvalue weighted by molar-refractivity contribution is 0.00649. The third kappa shape index (κ3) is 2.44. The van der Waals surface area contributed by atoms with E-state index in [-0.39, 0.29) is 5.56 Å². The Morgan fingerprint density at radius 2 is 1.86 bits per heavy atom. The minimum atomic E-state index is -3.26. The maximum atomic E-state index is 13.1. The van der Waals surface area contributed by atoms with Crippen molar-refractivity contribution in [1.82, 2.24) is 0 Å². The summed E-state index contributed by atoms with van der Waals surface area (Å²) < 4.78 is 38.6. The summed E-state index contributed by atoms with van der Waals surface area (Å²) in [5, 5.41) is 0. The van der Waals surface area contributed by atoms with Crippen molar-refractivity contribution in [2.75, 3.05) is 6.54 Å². The predicted molar refractivity (Wildman–Crippen MR) is 43.3 cm³/mol. The smallest absolute Gasteiger partial charge is 0.211 e. The predicted octanol–water partition coefficient (Wildman–Crippen LogP) is 2.25. The standard InChI is InChI=1S/C9H6F3NO/c10-8-3-1-7(2-4-8)9(11,12)5-13-6-14/h1-4H,5H2. The molecule has 0 unspecified atom stereocenters. The zero-order valence-corrected chi connectivity index (χ0v) is 7.01. The van der Waals surface area contributed by atoms with E-state index >= 15 is 0 Å². The van der Waals surface area contributed by atoms with Gasteiger partial charge in [0.15, 0.2) is 0 Å². The Labute approximate surface area is 78.1 Å². The molecule has 0 saturated carbocycles. The van der Waals surface area contributed by atoms with E-state index in [1.807, 2.05) is 0 Å². The van der Waals surface area contributed by atoms with Crippen LogP contribution in [0.3, 0.4) is 0 Å². The average Bonchev–Trinajstić information content (AvgIpc) is 2.16. The number of alkyl halides is 2. The monoisotopic (exact) mass is 201 g/mol. The molecule has 0 aromatic heterocycles. The lowest BCUT2D eigenvalue weighted by atomic mass is 10.1. The minimum Gasteiger partial charge on any atom is -0.211 e. The first-order valence-electron chi connectivity index (χ1n) is 3.74. The molecule has 1 aromatic carbocycles. The third-order valence-corrected chi connectivity index (χ3v) is 1.61. The van der Waals surface area contributed by atoms with E-state index in [9.17, 15) is 18.0 Å². The van der Waals surface area contributed by atoms with Crippen LogP contribution in [0.5, 0.6) is 0 Å². The van der Waals surface area contributed by atoms with Crippen LogP contribution in [0.1, 0.15) is 5.56 Å². The van der Waals surface area contributed by atoms with Gasteiger partial charge in [0.05, 0.1) is 0 Å². The summed E-state index contributed by atoms with van der Waals surface area (Å²) in [5.41, 5.74) is -0.377. The summed E-state index contributed by atoms with van der Waals surface area (Å²) in [6.07, 6.45) is 1.03. The van der Waals surface area contributed by atoms with Gasteiger partial charge in [0.25, 0.3) is 5.92 Å². The van der Waals surface area contributed by atoms with Crippen molar-refractivity contribution in [2.24, 2.45) is 4.99 Å². The van der Waals surface area contributed by atoms with Crippen LogP contribution in [0.4, 0.5) is 13.2 Å². The van der Waals surface area contributed by atoms with E-state index in [4.69, 9.17) is 0 Å². The zero-order valence-electron chi connectivity index (χ0n) is 7.01. The maximum Gasteiger partial charge on any atom is 0.293 e. The summed E-state index contributed by atoms with van der Waals surface area (Å²) in [7, 11) is 0. The Hall–Kier alpha value is -1.61. The fraction of sp³-hybridized carbons (Fsp3) is 0.222. The van der Waals surface area contributed by atoms with Gasteiger partial charge in [-0.15, -0.1) is 0 Å². The van der Waals surface area contributed by atoms with Crippen LogP contribution in [0.15, 0.2) is 29.3 Å². The molecular formula is C9H6F3NO. The van der Waals surface area contributed by atoms with Crippen molar-refractivity contribution >= 4 is 6.08 Å². The Kier molecular flexibility index (Phi) is 3.04. The maximum absolute atomic E-state index is 13.1. The molecular weight excluding hydrogens is 195 g/mol. The van der Waals surface area contributed by atoms with Gasteiger partial charge in [0.2, 0.25) is 6.08 Å². The molecule has 0 heterocycles. The molecule has 0 N–H and O–H groups in total.